The minimum atomic E-state index is -4.49. The van der Waals surface area contributed by atoms with Crippen molar-refractivity contribution in [2.45, 2.75) is 6.18 Å². The molecule has 0 unspecified atom stereocenters. The fourth-order valence-electron chi connectivity index (χ4n) is 3.72. The first-order chi connectivity index (χ1) is 23.7. The van der Waals surface area contributed by atoms with Crippen LogP contribution in [0.2, 0.25) is 0 Å². The molecule has 0 saturated heterocycles. The number of esters is 1. The van der Waals surface area contributed by atoms with Crippen LogP contribution in [-0.4, -0.2) is 129 Å². The molecule has 14 nitrogen and oxygen atoms in total. The van der Waals surface area contributed by atoms with Gasteiger partial charge in [-0.1, -0.05) is 18.2 Å². The lowest BCUT2D eigenvalue weighted by Crippen LogP contribution is -2.31. The first kappa shape index (κ1) is 41.3. The molecule has 0 atom stereocenters. The number of rotatable bonds is 28. The highest BCUT2D eigenvalue weighted by Gasteiger charge is 2.30. The Labute approximate surface area is 282 Å². The minimum absolute atomic E-state index is 0.0179. The van der Waals surface area contributed by atoms with Gasteiger partial charge in [0.2, 0.25) is 5.91 Å². The first-order valence-corrected chi connectivity index (χ1v) is 15.4. The van der Waals surface area contributed by atoms with Crippen LogP contribution >= 0.6 is 0 Å². The smallest absolute Gasteiger partial charge is 0.416 e. The Balaban J connectivity index is 1.36. The predicted molar refractivity (Wildman–Crippen MR) is 168 cm³/mol. The van der Waals surface area contributed by atoms with Crippen LogP contribution in [0.15, 0.2) is 48.5 Å². The Bertz CT molecular complexity index is 1240. The molecular formula is C32H43F3N2O12. The number of halogens is 3. The van der Waals surface area contributed by atoms with Crippen LogP contribution in [0.3, 0.4) is 0 Å². The summed E-state index contributed by atoms with van der Waals surface area (Å²) < 4.78 is 81.3. The molecule has 0 fully saturated rings. The van der Waals surface area contributed by atoms with E-state index in [0.717, 1.165) is 12.1 Å². The summed E-state index contributed by atoms with van der Waals surface area (Å²) in [6.07, 6.45) is -4.49. The van der Waals surface area contributed by atoms with Crippen molar-refractivity contribution in [3.05, 3.63) is 59.7 Å². The van der Waals surface area contributed by atoms with Crippen molar-refractivity contribution >= 4 is 29.2 Å². The van der Waals surface area contributed by atoms with Gasteiger partial charge in [-0.2, -0.15) is 13.2 Å². The molecule has 0 saturated carbocycles. The number of amides is 1. The summed E-state index contributed by atoms with van der Waals surface area (Å²) in [5.41, 5.74) is -0.137. The largest absolute Gasteiger partial charge is 0.480 e. The number of carbonyl (C=O) groups excluding carboxylic acids is 2. The van der Waals surface area contributed by atoms with Gasteiger partial charge < -0.3 is 53.6 Å². The fraction of sp³-hybridized carbons (Fsp3) is 0.531. The highest BCUT2D eigenvalue weighted by Crippen LogP contribution is 2.32. The molecule has 0 aromatic heterocycles. The van der Waals surface area contributed by atoms with Crippen LogP contribution < -0.4 is 10.6 Å². The minimum Gasteiger partial charge on any atom is -0.480 e. The van der Waals surface area contributed by atoms with E-state index < -0.39 is 36.2 Å². The normalized spacial score (nSPS) is 11.3. The monoisotopic (exact) mass is 704 g/mol. The van der Waals surface area contributed by atoms with E-state index in [-0.39, 0.29) is 50.8 Å². The maximum Gasteiger partial charge on any atom is 0.416 e. The average molecular weight is 705 g/mol. The Morgan fingerprint density at radius 1 is 0.633 bits per heavy atom. The number of ether oxygens (including phenoxy) is 8. The number of anilines is 2. The second-order valence-electron chi connectivity index (χ2n) is 9.80. The number of aliphatic carboxylic acids is 1. The summed E-state index contributed by atoms with van der Waals surface area (Å²) in [5, 5.41) is 13.8. The molecule has 2 rings (SSSR count). The molecule has 1 amide bonds. The Morgan fingerprint density at radius 2 is 1.16 bits per heavy atom. The van der Waals surface area contributed by atoms with E-state index in [4.69, 9.17) is 38.3 Å². The van der Waals surface area contributed by atoms with Crippen LogP contribution in [0.5, 0.6) is 0 Å². The van der Waals surface area contributed by atoms with Crippen LogP contribution in [-0.2, 0) is 53.7 Å². The lowest BCUT2D eigenvalue weighted by molar-refractivity contribution is -0.143. The summed E-state index contributed by atoms with van der Waals surface area (Å²) in [5.74, 6) is -2.21. The van der Waals surface area contributed by atoms with Crippen molar-refractivity contribution in [1.82, 2.24) is 5.32 Å². The lowest BCUT2D eigenvalue weighted by Gasteiger charge is -2.13. The highest BCUT2D eigenvalue weighted by molar-refractivity contribution is 5.96. The molecule has 0 aliphatic carbocycles. The van der Waals surface area contributed by atoms with Crippen molar-refractivity contribution in [3.8, 4) is 0 Å². The molecule has 17 heteroatoms. The van der Waals surface area contributed by atoms with Gasteiger partial charge >= 0.3 is 18.1 Å². The summed E-state index contributed by atoms with van der Waals surface area (Å²) >= 11 is 0. The molecular weight excluding hydrogens is 661 g/mol. The van der Waals surface area contributed by atoms with Gasteiger partial charge in [0.15, 0.2) is 0 Å². The number of nitrogens with one attached hydrogen (secondary N) is 2. The zero-order valence-electron chi connectivity index (χ0n) is 27.0. The van der Waals surface area contributed by atoms with Gasteiger partial charge in [0.1, 0.15) is 19.8 Å². The second-order valence-corrected chi connectivity index (χ2v) is 9.80. The molecule has 2 aromatic rings. The third-order valence-electron chi connectivity index (χ3n) is 5.96. The topological polar surface area (TPSA) is 169 Å². The zero-order chi connectivity index (χ0) is 35.6. The van der Waals surface area contributed by atoms with Gasteiger partial charge in [0.25, 0.3) is 0 Å². The summed E-state index contributed by atoms with van der Waals surface area (Å²) in [4.78, 5) is 34.2. The van der Waals surface area contributed by atoms with Gasteiger partial charge in [-0.3, -0.25) is 4.79 Å². The SMILES string of the molecule is O=C(O)COCC(=O)NCCOCCOCCOCCOCCOCCOCCOC(=O)c1ccccc1Nc1cccc(C(F)(F)F)c1. The van der Waals surface area contributed by atoms with E-state index in [2.05, 4.69) is 15.4 Å². The number of carbonyl (C=O) groups is 3. The van der Waals surface area contributed by atoms with Crippen molar-refractivity contribution in [1.29, 1.82) is 0 Å². The third-order valence-corrected chi connectivity index (χ3v) is 5.96. The van der Waals surface area contributed by atoms with E-state index in [1.54, 1.807) is 18.2 Å². The van der Waals surface area contributed by atoms with E-state index >= 15 is 0 Å². The maximum atomic E-state index is 13.0. The number of alkyl halides is 3. The number of carboxylic acid groups (broad SMARTS) is 1. The number of hydrogen-bond acceptors (Lipinski definition) is 12. The van der Waals surface area contributed by atoms with Gasteiger partial charge in [-0.15, -0.1) is 0 Å². The molecule has 3 N–H and O–H groups in total. The quantitative estimate of drug-likeness (QED) is 0.0874. The highest BCUT2D eigenvalue weighted by atomic mass is 19.4. The Kier molecular flexibility index (Phi) is 21.2. The average Bonchev–Trinajstić information content (AvgIpc) is 3.06. The molecule has 0 bridgehead atoms. The standard InChI is InChI=1S/C32H43F3N2O12/c33-32(34,35)25-4-3-5-26(22-25)37-28-7-2-1-6-27(28)31(41)49-21-20-47-19-18-46-17-16-45-15-14-44-13-12-43-11-10-42-9-8-36-29(38)23-48-24-30(39)40/h1-7,22,37H,8-21,23-24H2,(H,36,38)(H,39,40). The fourth-order valence-corrected chi connectivity index (χ4v) is 3.72. The van der Waals surface area contributed by atoms with E-state index in [0.29, 0.717) is 65.1 Å². The van der Waals surface area contributed by atoms with Gasteiger partial charge in [0, 0.05) is 12.2 Å². The van der Waals surface area contributed by atoms with Gasteiger partial charge in [0.05, 0.1) is 96.1 Å². The van der Waals surface area contributed by atoms with Crippen LogP contribution in [0.4, 0.5) is 24.5 Å². The maximum absolute atomic E-state index is 13.0. The number of benzene rings is 2. The van der Waals surface area contributed by atoms with Crippen molar-refractivity contribution in [3.63, 3.8) is 0 Å². The lowest BCUT2D eigenvalue weighted by atomic mass is 10.1. The van der Waals surface area contributed by atoms with Gasteiger partial charge in [-0.05, 0) is 30.3 Å². The molecule has 0 aliphatic heterocycles. The van der Waals surface area contributed by atoms with Crippen LogP contribution in [0.1, 0.15) is 15.9 Å². The molecule has 0 aliphatic rings. The van der Waals surface area contributed by atoms with E-state index in [9.17, 15) is 27.6 Å². The molecule has 49 heavy (non-hydrogen) atoms. The predicted octanol–water partition coefficient (Wildman–Crippen LogP) is 2.92. The van der Waals surface area contributed by atoms with Crippen molar-refractivity contribution < 1.29 is 70.6 Å². The number of hydrogen-bond donors (Lipinski definition) is 3. The number of para-hydroxylation sites is 1. The zero-order valence-corrected chi connectivity index (χ0v) is 27.0. The van der Waals surface area contributed by atoms with Crippen molar-refractivity contribution in [2.24, 2.45) is 0 Å². The van der Waals surface area contributed by atoms with Crippen LogP contribution in [0.25, 0.3) is 0 Å². The molecule has 0 spiro atoms. The molecule has 274 valence electrons. The molecule has 0 heterocycles. The Morgan fingerprint density at radius 3 is 1.71 bits per heavy atom. The third kappa shape index (κ3) is 20.3. The van der Waals surface area contributed by atoms with Crippen molar-refractivity contribution in [2.75, 3.05) is 111 Å². The molecule has 0 radical (unpaired) electrons. The van der Waals surface area contributed by atoms with E-state index in [1.165, 1.54) is 18.2 Å². The summed E-state index contributed by atoms with van der Waals surface area (Å²) in [7, 11) is 0. The second kappa shape index (κ2) is 25.2. The van der Waals surface area contributed by atoms with Gasteiger partial charge in [-0.25, -0.2) is 9.59 Å². The van der Waals surface area contributed by atoms with Crippen LogP contribution in [0, 0.1) is 0 Å². The first-order valence-electron chi connectivity index (χ1n) is 15.4. The Hall–Kier alpha value is -3.84. The summed E-state index contributed by atoms with van der Waals surface area (Å²) in [6, 6.07) is 11.0. The summed E-state index contributed by atoms with van der Waals surface area (Å²) in [6.45, 7) is 3.42. The molecule has 2 aromatic carbocycles. The van der Waals surface area contributed by atoms with E-state index in [1.807, 2.05) is 0 Å². The number of carboxylic acids is 1.